The topological polar surface area (TPSA) is 52.6 Å². The van der Waals surface area contributed by atoms with Crippen LogP contribution in [0, 0.1) is 11.8 Å². The SMILES string of the molecule is C=CC(=O)OCC1CSC(C(CCC)SCC2CCC(CSC(CCC)C3SCC(COC(=O)C=C)S3)CC2)S1. The Kier molecular flexibility index (Phi) is 17.3. The molecule has 0 radical (unpaired) electrons. The molecule has 0 spiro atoms. The Labute approximate surface area is 268 Å². The number of thioether (sulfide) groups is 6. The summed E-state index contributed by atoms with van der Waals surface area (Å²) in [5, 5.41) is 2.19. The highest BCUT2D eigenvalue weighted by Crippen LogP contribution is 2.47. The molecule has 0 amide bonds. The molecule has 0 N–H and O–H groups in total. The van der Waals surface area contributed by atoms with Gasteiger partial charge in [0.25, 0.3) is 0 Å². The number of carbonyl (C=O) groups excluding carboxylic acids is 2. The van der Waals surface area contributed by atoms with Gasteiger partial charge in [-0.15, -0.1) is 47.0 Å². The van der Waals surface area contributed by atoms with Crippen LogP contribution in [0.2, 0.25) is 0 Å². The molecule has 0 aromatic carbocycles. The molecule has 6 unspecified atom stereocenters. The van der Waals surface area contributed by atoms with Gasteiger partial charge in [-0.3, -0.25) is 0 Å². The van der Waals surface area contributed by atoms with E-state index in [0.717, 1.165) is 23.3 Å². The summed E-state index contributed by atoms with van der Waals surface area (Å²) in [7, 11) is 0. The standard InChI is InChI=1S/C30H48O4S6/c1-5-9-25(29-37-19-23(39-29)15-33-27(31)7-3)35-17-21-11-13-22(14-12-21)18-36-26(10-6-2)30-38-20-24(40-30)16-34-28(32)8-4/h7-8,21-26,29-30H,3-6,9-20H2,1-2H3. The summed E-state index contributed by atoms with van der Waals surface area (Å²) < 4.78 is 11.8. The first-order valence-electron chi connectivity index (χ1n) is 14.8. The summed E-state index contributed by atoms with van der Waals surface area (Å²) in [6.45, 7) is 12.6. The molecule has 3 fully saturated rings. The number of ether oxygens (including phenoxy) is 2. The number of hydrogen-bond donors (Lipinski definition) is 0. The van der Waals surface area contributed by atoms with Crippen LogP contribution >= 0.6 is 70.6 Å². The molecule has 40 heavy (non-hydrogen) atoms. The molecule has 228 valence electrons. The van der Waals surface area contributed by atoms with E-state index in [0.29, 0.717) is 43.4 Å². The smallest absolute Gasteiger partial charge is 0.330 e. The Balaban J connectivity index is 1.34. The summed E-state index contributed by atoms with van der Waals surface area (Å²) in [6.07, 6.45) is 13.0. The van der Waals surface area contributed by atoms with E-state index in [1.165, 1.54) is 75.0 Å². The first kappa shape index (κ1) is 35.0. The lowest BCUT2D eigenvalue weighted by Gasteiger charge is -2.31. The Morgan fingerprint density at radius 1 is 0.775 bits per heavy atom. The summed E-state index contributed by atoms with van der Waals surface area (Å²) in [4.78, 5) is 22.9. The quantitative estimate of drug-likeness (QED) is 0.105. The van der Waals surface area contributed by atoms with Crippen LogP contribution in [0.1, 0.15) is 65.2 Å². The number of esters is 2. The predicted octanol–water partition coefficient (Wildman–Crippen LogP) is 8.40. The zero-order valence-corrected chi connectivity index (χ0v) is 29.1. The van der Waals surface area contributed by atoms with Crippen molar-refractivity contribution in [2.24, 2.45) is 11.8 Å². The van der Waals surface area contributed by atoms with E-state index >= 15 is 0 Å². The van der Waals surface area contributed by atoms with Crippen molar-refractivity contribution < 1.29 is 19.1 Å². The van der Waals surface area contributed by atoms with E-state index in [-0.39, 0.29) is 11.9 Å². The number of rotatable bonds is 18. The lowest BCUT2D eigenvalue weighted by Crippen LogP contribution is -2.23. The summed E-state index contributed by atoms with van der Waals surface area (Å²) in [5.74, 6) is 5.84. The molecule has 2 saturated heterocycles. The maximum Gasteiger partial charge on any atom is 0.330 e. The van der Waals surface area contributed by atoms with Crippen molar-refractivity contribution in [1.29, 1.82) is 0 Å². The van der Waals surface area contributed by atoms with Crippen LogP contribution in [-0.2, 0) is 19.1 Å². The van der Waals surface area contributed by atoms with Gasteiger partial charge in [0.2, 0.25) is 0 Å². The summed E-state index contributed by atoms with van der Waals surface area (Å²) in [6, 6.07) is 0. The van der Waals surface area contributed by atoms with Gasteiger partial charge in [0.1, 0.15) is 13.2 Å². The van der Waals surface area contributed by atoms with Gasteiger partial charge in [0.05, 0.1) is 9.16 Å². The molecule has 0 aromatic rings. The minimum absolute atomic E-state index is 0.308. The van der Waals surface area contributed by atoms with E-state index < -0.39 is 0 Å². The summed E-state index contributed by atoms with van der Waals surface area (Å²) in [5.41, 5.74) is 0. The van der Waals surface area contributed by atoms with Gasteiger partial charge in [0, 0.05) is 44.7 Å². The van der Waals surface area contributed by atoms with Crippen molar-refractivity contribution in [3.8, 4) is 0 Å². The first-order valence-corrected chi connectivity index (χ1v) is 20.9. The number of hydrogen-bond acceptors (Lipinski definition) is 10. The van der Waals surface area contributed by atoms with Gasteiger partial charge in [-0.2, -0.15) is 23.5 Å². The van der Waals surface area contributed by atoms with Gasteiger partial charge >= 0.3 is 11.9 Å². The van der Waals surface area contributed by atoms with Crippen LogP contribution in [0.25, 0.3) is 0 Å². The van der Waals surface area contributed by atoms with Gasteiger partial charge in [-0.25, -0.2) is 9.59 Å². The molecule has 4 nitrogen and oxygen atoms in total. The van der Waals surface area contributed by atoms with Crippen molar-refractivity contribution >= 4 is 82.5 Å². The largest absolute Gasteiger partial charge is 0.461 e. The van der Waals surface area contributed by atoms with E-state index in [9.17, 15) is 9.59 Å². The highest BCUT2D eigenvalue weighted by Gasteiger charge is 2.35. The zero-order chi connectivity index (χ0) is 28.7. The predicted molar refractivity (Wildman–Crippen MR) is 185 cm³/mol. The Morgan fingerprint density at radius 3 is 1.52 bits per heavy atom. The third-order valence-electron chi connectivity index (χ3n) is 7.51. The molecule has 6 atom stereocenters. The minimum Gasteiger partial charge on any atom is -0.461 e. The molecule has 3 rings (SSSR count). The molecule has 2 aliphatic heterocycles. The second-order valence-corrected chi connectivity index (χ2v) is 19.2. The van der Waals surface area contributed by atoms with E-state index in [2.05, 4.69) is 74.1 Å². The highest BCUT2D eigenvalue weighted by molar-refractivity contribution is 8.22. The van der Waals surface area contributed by atoms with Crippen molar-refractivity contribution in [3.63, 3.8) is 0 Å². The van der Waals surface area contributed by atoms with Crippen LogP contribution in [-0.4, -0.2) is 78.3 Å². The molecule has 1 saturated carbocycles. The van der Waals surface area contributed by atoms with Gasteiger partial charge in [-0.1, -0.05) is 39.8 Å². The molecule has 0 bridgehead atoms. The Morgan fingerprint density at radius 2 is 1.18 bits per heavy atom. The molecule has 1 aliphatic carbocycles. The Hall–Kier alpha value is 0.520. The fraction of sp³-hybridized carbons (Fsp3) is 0.800. The zero-order valence-electron chi connectivity index (χ0n) is 24.2. The van der Waals surface area contributed by atoms with Crippen molar-refractivity contribution in [2.45, 2.75) is 95.4 Å². The van der Waals surface area contributed by atoms with E-state index in [4.69, 9.17) is 9.47 Å². The van der Waals surface area contributed by atoms with Crippen LogP contribution in [0.5, 0.6) is 0 Å². The average Bonchev–Trinajstić information content (AvgIpc) is 3.65. The molecule has 2 heterocycles. The van der Waals surface area contributed by atoms with E-state index in [1.54, 1.807) is 0 Å². The van der Waals surface area contributed by atoms with Crippen molar-refractivity contribution in [1.82, 2.24) is 0 Å². The fourth-order valence-corrected chi connectivity index (χ4v) is 16.4. The second-order valence-electron chi connectivity index (χ2n) is 10.8. The van der Waals surface area contributed by atoms with Gasteiger partial charge < -0.3 is 9.47 Å². The molecule has 3 aliphatic rings. The average molecular weight is 665 g/mol. The van der Waals surface area contributed by atoms with Gasteiger partial charge in [0.15, 0.2) is 0 Å². The number of carbonyl (C=O) groups is 2. The van der Waals surface area contributed by atoms with Crippen LogP contribution < -0.4 is 0 Å². The maximum atomic E-state index is 11.4. The molecule has 10 heteroatoms. The Bertz CT molecular complexity index is 726. The van der Waals surface area contributed by atoms with Crippen LogP contribution in [0.3, 0.4) is 0 Å². The minimum atomic E-state index is -0.308. The molecular weight excluding hydrogens is 617 g/mol. The van der Waals surface area contributed by atoms with Gasteiger partial charge in [-0.05, 0) is 61.9 Å². The molecule has 0 aromatic heterocycles. The lowest BCUT2D eigenvalue weighted by molar-refractivity contribution is -0.138. The van der Waals surface area contributed by atoms with Crippen LogP contribution in [0.4, 0.5) is 0 Å². The van der Waals surface area contributed by atoms with Crippen LogP contribution in [0.15, 0.2) is 25.3 Å². The summed E-state index contributed by atoms with van der Waals surface area (Å²) >= 11 is 12.6. The van der Waals surface area contributed by atoms with Crippen molar-refractivity contribution in [2.75, 3.05) is 36.2 Å². The lowest BCUT2D eigenvalue weighted by atomic mass is 9.84. The normalized spacial score (nSPS) is 29.9. The maximum absolute atomic E-state index is 11.4. The first-order chi connectivity index (χ1) is 19.4. The van der Waals surface area contributed by atoms with Crippen molar-refractivity contribution in [3.05, 3.63) is 25.3 Å². The van der Waals surface area contributed by atoms with E-state index in [1.807, 2.05) is 23.5 Å². The third-order valence-corrected chi connectivity index (χ3v) is 18.4. The second kappa shape index (κ2) is 19.7. The fourth-order valence-electron chi connectivity index (χ4n) is 5.22. The highest BCUT2D eigenvalue weighted by atomic mass is 32.2. The monoisotopic (exact) mass is 664 g/mol. The molecular formula is C30H48O4S6. The third kappa shape index (κ3) is 12.3.